The number of aromatic nitrogens is 1. The van der Waals surface area contributed by atoms with Gasteiger partial charge < -0.3 is 5.32 Å². The fraction of sp³-hybridized carbons (Fsp3) is 0.538. The molecule has 1 heterocycles. The number of hydrogen-bond acceptors (Lipinski definition) is 3. The third kappa shape index (κ3) is 3.99. The van der Waals surface area contributed by atoms with Crippen molar-refractivity contribution in [2.24, 2.45) is 0 Å². The molecule has 0 bridgehead atoms. The van der Waals surface area contributed by atoms with Crippen molar-refractivity contribution in [2.75, 3.05) is 12.8 Å². The summed E-state index contributed by atoms with van der Waals surface area (Å²) in [6.45, 7) is 5.02. The number of hydrogen-bond donors (Lipinski definition) is 1. The highest BCUT2D eigenvalue weighted by Gasteiger charge is 2.25. The molecule has 0 saturated carbocycles. The van der Waals surface area contributed by atoms with Gasteiger partial charge in [0.1, 0.15) is 4.60 Å². The lowest BCUT2D eigenvalue weighted by molar-refractivity contribution is 0.0948. The van der Waals surface area contributed by atoms with E-state index in [1.54, 1.807) is 18.3 Å². The largest absolute Gasteiger partial charge is 0.351 e. The Hall–Kier alpha value is -0.550. The monoisotopic (exact) mass is 330 g/mol. The zero-order chi connectivity index (χ0) is 13.6. The Morgan fingerprint density at radius 2 is 2.17 bits per heavy atom. The topological polar surface area (TPSA) is 42.0 Å². The first kappa shape index (κ1) is 15.5. The maximum absolute atomic E-state index is 12.0. The highest BCUT2D eigenvalue weighted by atomic mass is 79.9. The number of carbonyl (C=O) groups is 1. The number of halogens is 1. The molecule has 1 N–H and O–H groups in total. The molecule has 1 rings (SSSR count). The zero-order valence-corrected chi connectivity index (χ0v) is 13.4. The number of nitrogens with zero attached hydrogens (tertiary/aromatic N) is 1. The Morgan fingerprint density at radius 3 is 2.67 bits per heavy atom. The molecular weight excluding hydrogens is 312 g/mol. The van der Waals surface area contributed by atoms with Crippen molar-refractivity contribution in [1.82, 2.24) is 10.3 Å². The van der Waals surface area contributed by atoms with Gasteiger partial charge in [-0.05, 0) is 47.2 Å². The number of carbonyl (C=O) groups excluding carboxylic acids is 1. The van der Waals surface area contributed by atoms with Crippen molar-refractivity contribution >= 4 is 33.6 Å². The van der Waals surface area contributed by atoms with Crippen LogP contribution >= 0.6 is 27.7 Å². The van der Waals surface area contributed by atoms with Crippen LogP contribution in [0.15, 0.2) is 22.9 Å². The normalized spacial score (nSPS) is 11.3. The van der Waals surface area contributed by atoms with Gasteiger partial charge in [0.15, 0.2) is 0 Å². The van der Waals surface area contributed by atoms with Gasteiger partial charge in [0, 0.05) is 23.1 Å². The van der Waals surface area contributed by atoms with Crippen LogP contribution in [0.1, 0.15) is 37.0 Å². The minimum Gasteiger partial charge on any atom is -0.351 e. The molecule has 0 aliphatic heterocycles. The van der Waals surface area contributed by atoms with Gasteiger partial charge in [-0.25, -0.2) is 4.98 Å². The first-order valence-electron chi connectivity index (χ1n) is 6.02. The fourth-order valence-corrected chi connectivity index (χ4v) is 2.91. The van der Waals surface area contributed by atoms with Crippen LogP contribution < -0.4 is 5.32 Å². The molecule has 0 aliphatic rings. The number of amides is 1. The van der Waals surface area contributed by atoms with Crippen LogP contribution in [0.3, 0.4) is 0 Å². The van der Waals surface area contributed by atoms with Crippen LogP contribution in [-0.4, -0.2) is 28.4 Å². The van der Waals surface area contributed by atoms with E-state index in [9.17, 15) is 4.79 Å². The van der Waals surface area contributed by atoms with E-state index >= 15 is 0 Å². The predicted molar refractivity (Wildman–Crippen MR) is 81.1 cm³/mol. The molecule has 0 aromatic carbocycles. The third-order valence-electron chi connectivity index (χ3n) is 3.28. The van der Waals surface area contributed by atoms with E-state index in [0.717, 1.165) is 12.8 Å². The van der Waals surface area contributed by atoms with Gasteiger partial charge in [-0.15, -0.1) is 0 Å². The van der Waals surface area contributed by atoms with Gasteiger partial charge in [0.25, 0.3) is 5.91 Å². The first-order chi connectivity index (χ1) is 8.56. The second-order valence-corrected chi connectivity index (χ2v) is 6.23. The SMILES string of the molecule is CCC(CC)(CNC(=O)c1ccnc(Br)c1)SC. The molecule has 100 valence electrons. The summed E-state index contributed by atoms with van der Waals surface area (Å²) in [7, 11) is 0. The van der Waals surface area contributed by atoms with E-state index in [4.69, 9.17) is 0 Å². The van der Waals surface area contributed by atoms with Crippen LogP contribution in [-0.2, 0) is 0 Å². The molecular formula is C13H19BrN2OS. The van der Waals surface area contributed by atoms with E-state index in [1.165, 1.54) is 0 Å². The van der Waals surface area contributed by atoms with Crippen LogP contribution in [0.5, 0.6) is 0 Å². The van der Waals surface area contributed by atoms with Crippen molar-refractivity contribution in [3.63, 3.8) is 0 Å². The smallest absolute Gasteiger partial charge is 0.251 e. The summed E-state index contributed by atoms with van der Waals surface area (Å²) in [5.41, 5.74) is 0.638. The molecule has 0 radical (unpaired) electrons. The van der Waals surface area contributed by atoms with Gasteiger partial charge in [-0.3, -0.25) is 4.79 Å². The quantitative estimate of drug-likeness (QED) is 0.812. The Labute approximate surface area is 121 Å². The summed E-state index contributed by atoms with van der Waals surface area (Å²) in [4.78, 5) is 16.0. The van der Waals surface area contributed by atoms with E-state index in [0.29, 0.717) is 16.7 Å². The summed E-state index contributed by atoms with van der Waals surface area (Å²) in [6.07, 6.45) is 5.82. The van der Waals surface area contributed by atoms with Crippen LogP contribution in [0.2, 0.25) is 0 Å². The Kier molecular flexibility index (Phi) is 6.15. The lowest BCUT2D eigenvalue weighted by Gasteiger charge is -2.29. The van der Waals surface area contributed by atoms with Gasteiger partial charge >= 0.3 is 0 Å². The van der Waals surface area contributed by atoms with E-state index < -0.39 is 0 Å². The minimum atomic E-state index is -0.0431. The van der Waals surface area contributed by atoms with Crippen molar-refractivity contribution in [1.29, 1.82) is 0 Å². The molecule has 5 heteroatoms. The van der Waals surface area contributed by atoms with Gasteiger partial charge in [-0.1, -0.05) is 13.8 Å². The average Bonchev–Trinajstić information content (AvgIpc) is 2.40. The summed E-state index contributed by atoms with van der Waals surface area (Å²) >= 11 is 5.09. The van der Waals surface area contributed by atoms with E-state index in [2.05, 4.69) is 46.3 Å². The standard InChI is InChI=1S/C13H19BrN2OS/c1-4-13(5-2,18-3)9-16-12(17)10-6-7-15-11(14)8-10/h6-8H,4-5,9H2,1-3H3,(H,16,17). The fourth-order valence-electron chi connectivity index (χ4n) is 1.75. The molecule has 0 unspecified atom stereocenters. The van der Waals surface area contributed by atoms with Crippen molar-refractivity contribution in [3.8, 4) is 0 Å². The zero-order valence-electron chi connectivity index (χ0n) is 11.0. The van der Waals surface area contributed by atoms with E-state index in [1.807, 2.05) is 11.8 Å². The Balaban J connectivity index is 2.66. The summed E-state index contributed by atoms with van der Waals surface area (Å²) in [5.74, 6) is -0.0431. The number of thioether (sulfide) groups is 1. The lowest BCUT2D eigenvalue weighted by atomic mass is 10.0. The number of pyridine rings is 1. The van der Waals surface area contributed by atoms with Crippen molar-refractivity contribution < 1.29 is 4.79 Å². The van der Waals surface area contributed by atoms with Gasteiger partial charge in [-0.2, -0.15) is 11.8 Å². The molecule has 1 aromatic heterocycles. The molecule has 3 nitrogen and oxygen atoms in total. The first-order valence-corrected chi connectivity index (χ1v) is 8.03. The average molecular weight is 331 g/mol. The molecule has 0 aliphatic carbocycles. The lowest BCUT2D eigenvalue weighted by Crippen LogP contribution is -2.39. The maximum Gasteiger partial charge on any atom is 0.251 e. The second kappa shape index (κ2) is 7.14. The summed E-state index contributed by atoms with van der Waals surface area (Å²) in [5, 5.41) is 3.01. The molecule has 1 aromatic rings. The highest BCUT2D eigenvalue weighted by molar-refractivity contribution is 9.10. The van der Waals surface area contributed by atoms with Crippen LogP contribution in [0, 0.1) is 0 Å². The van der Waals surface area contributed by atoms with E-state index in [-0.39, 0.29) is 10.7 Å². The van der Waals surface area contributed by atoms with Gasteiger partial charge in [0.05, 0.1) is 0 Å². The van der Waals surface area contributed by atoms with Crippen LogP contribution in [0.25, 0.3) is 0 Å². The third-order valence-corrected chi connectivity index (χ3v) is 5.30. The van der Waals surface area contributed by atoms with Crippen molar-refractivity contribution in [3.05, 3.63) is 28.5 Å². The molecule has 0 spiro atoms. The van der Waals surface area contributed by atoms with Gasteiger partial charge in [0.2, 0.25) is 0 Å². The van der Waals surface area contributed by atoms with Crippen LogP contribution in [0.4, 0.5) is 0 Å². The Morgan fingerprint density at radius 1 is 1.50 bits per heavy atom. The molecule has 0 fully saturated rings. The maximum atomic E-state index is 12.0. The predicted octanol–water partition coefficient (Wildman–Crippen LogP) is 3.50. The highest BCUT2D eigenvalue weighted by Crippen LogP contribution is 2.29. The minimum absolute atomic E-state index is 0.0431. The number of nitrogens with one attached hydrogen (secondary N) is 1. The Bertz CT molecular complexity index is 399. The molecule has 1 amide bonds. The summed E-state index contributed by atoms with van der Waals surface area (Å²) in [6, 6.07) is 3.45. The summed E-state index contributed by atoms with van der Waals surface area (Å²) < 4.78 is 0.817. The second-order valence-electron chi connectivity index (χ2n) is 4.14. The molecule has 18 heavy (non-hydrogen) atoms. The number of rotatable bonds is 6. The molecule has 0 saturated heterocycles. The molecule has 0 atom stereocenters. The van der Waals surface area contributed by atoms with Crippen molar-refractivity contribution in [2.45, 2.75) is 31.4 Å².